The Bertz CT molecular complexity index is 1540. The van der Waals surface area contributed by atoms with Crippen LogP contribution >= 0.6 is 0 Å². The molecule has 10 nitrogen and oxygen atoms in total. The summed E-state index contributed by atoms with van der Waals surface area (Å²) in [4.78, 5) is 20.1. The maximum absolute atomic E-state index is 11.7. The van der Waals surface area contributed by atoms with Crippen LogP contribution in [0, 0.1) is 5.92 Å². The molecule has 36 heavy (non-hydrogen) atoms. The Balaban J connectivity index is 1.35. The standard InChI is InChI=1S/C25H24N8O2S/c1-16-13-19(15-21-23(16)32-25(30-21)28-17-7-4-3-5-8-17)33(2)22-11-12-27-24(31-22)29-18-9-6-10-20(14-18)36(26,34)35/h3-16H,1-2H3,(H,28,30)(H2,26,34,35)(H,27,29,31). The van der Waals surface area contributed by atoms with Crippen molar-refractivity contribution < 1.29 is 8.42 Å². The Morgan fingerprint density at radius 1 is 0.972 bits per heavy atom. The number of benzene rings is 2. The summed E-state index contributed by atoms with van der Waals surface area (Å²) in [5.74, 6) is 1.58. The molecule has 0 radical (unpaired) electrons. The van der Waals surface area contributed by atoms with Crippen LogP contribution in [0.15, 0.2) is 105 Å². The number of para-hydroxylation sites is 1. The van der Waals surface area contributed by atoms with Crippen molar-refractivity contribution in [1.29, 1.82) is 0 Å². The molecule has 2 aromatic carbocycles. The maximum atomic E-state index is 11.7. The number of aromatic nitrogens is 2. The van der Waals surface area contributed by atoms with E-state index in [9.17, 15) is 8.42 Å². The van der Waals surface area contributed by atoms with Crippen molar-refractivity contribution in [3.8, 4) is 0 Å². The normalized spacial score (nSPS) is 16.8. The highest BCUT2D eigenvalue weighted by Gasteiger charge is 2.26. The van der Waals surface area contributed by atoms with E-state index >= 15 is 0 Å². The zero-order valence-electron chi connectivity index (χ0n) is 19.6. The fourth-order valence-corrected chi connectivity index (χ4v) is 4.42. The molecule has 0 amide bonds. The average molecular weight is 501 g/mol. The van der Waals surface area contributed by atoms with Crippen molar-refractivity contribution >= 4 is 44.8 Å². The number of fused-ring (bicyclic) bond motifs is 1. The van der Waals surface area contributed by atoms with Crippen molar-refractivity contribution in [3.63, 3.8) is 0 Å². The SMILES string of the molecule is CC1C=C(N(C)c2ccnc(Nc3cccc(S(N)(=O)=O)c3)n2)C=C2N=C(Nc3ccccc3)N=C21. The summed E-state index contributed by atoms with van der Waals surface area (Å²) in [6.45, 7) is 2.08. The first-order valence-electron chi connectivity index (χ1n) is 11.2. The summed E-state index contributed by atoms with van der Waals surface area (Å²) < 4.78 is 23.3. The van der Waals surface area contributed by atoms with E-state index in [0.29, 0.717) is 23.4 Å². The zero-order chi connectivity index (χ0) is 25.3. The van der Waals surface area contributed by atoms with Gasteiger partial charge in [-0.25, -0.2) is 28.5 Å². The first-order chi connectivity index (χ1) is 17.3. The second-order valence-electron chi connectivity index (χ2n) is 8.33. The van der Waals surface area contributed by atoms with Crippen LogP contribution in [0.4, 0.5) is 23.1 Å². The zero-order valence-corrected chi connectivity index (χ0v) is 20.4. The number of sulfonamides is 1. The number of hydrogen-bond acceptors (Lipinski definition) is 9. The van der Waals surface area contributed by atoms with Gasteiger partial charge in [-0.1, -0.05) is 37.3 Å². The van der Waals surface area contributed by atoms with Gasteiger partial charge in [0.1, 0.15) is 5.82 Å². The number of nitrogens with zero attached hydrogens (tertiary/aromatic N) is 5. The van der Waals surface area contributed by atoms with Gasteiger partial charge in [-0.15, -0.1) is 0 Å². The fourth-order valence-electron chi connectivity index (χ4n) is 3.86. The molecule has 1 aliphatic carbocycles. The molecule has 1 aliphatic heterocycles. The Morgan fingerprint density at radius 3 is 2.53 bits per heavy atom. The molecule has 4 N–H and O–H groups in total. The smallest absolute Gasteiger partial charge is 0.238 e. The van der Waals surface area contributed by atoms with Crippen LogP contribution in [0.3, 0.4) is 0 Å². The number of guanidine groups is 1. The molecule has 182 valence electrons. The quantitative estimate of drug-likeness (QED) is 0.470. The lowest BCUT2D eigenvalue weighted by molar-refractivity contribution is 0.598. The topological polar surface area (TPSA) is 138 Å². The van der Waals surface area contributed by atoms with E-state index in [1.54, 1.807) is 24.4 Å². The van der Waals surface area contributed by atoms with E-state index in [4.69, 9.17) is 5.14 Å². The number of nitrogens with two attached hydrogens (primary N) is 1. The summed E-state index contributed by atoms with van der Waals surface area (Å²) in [6, 6.07) is 17.8. The van der Waals surface area contributed by atoms with Crippen LogP contribution in [0.2, 0.25) is 0 Å². The van der Waals surface area contributed by atoms with Gasteiger partial charge in [-0.2, -0.15) is 4.98 Å². The van der Waals surface area contributed by atoms with Gasteiger partial charge in [-0.3, -0.25) is 0 Å². The minimum absolute atomic E-state index is 0.00413. The van der Waals surface area contributed by atoms with Gasteiger partial charge in [0.2, 0.25) is 21.9 Å². The molecule has 0 saturated carbocycles. The lowest BCUT2D eigenvalue weighted by Crippen LogP contribution is -2.23. The third kappa shape index (κ3) is 5.02. The molecule has 0 fully saturated rings. The van der Waals surface area contributed by atoms with E-state index in [-0.39, 0.29) is 10.8 Å². The molecule has 3 aromatic rings. The van der Waals surface area contributed by atoms with E-state index in [1.165, 1.54) is 12.1 Å². The monoisotopic (exact) mass is 500 g/mol. The van der Waals surface area contributed by atoms with Gasteiger partial charge in [0.25, 0.3) is 0 Å². The number of rotatable bonds is 6. The van der Waals surface area contributed by atoms with E-state index in [0.717, 1.165) is 22.8 Å². The van der Waals surface area contributed by atoms with Gasteiger partial charge >= 0.3 is 0 Å². The molecular formula is C25H24N8O2S. The van der Waals surface area contributed by atoms with Crippen molar-refractivity contribution in [2.45, 2.75) is 11.8 Å². The number of anilines is 4. The van der Waals surface area contributed by atoms with E-state index in [1.807, 2.05) is 48.4 Å². The minimum atomic E-state index is -3.82. The van der Waals surface area contributed by atoms with Crippen molar-refractivity contribution in [1.82, 2.24) is 9.97 Å². The Kier molecular flexibility index (Phi) is 6.08. The molecule has 2 heterocycles. The lowest BCUT2D eigenvalue weighted by atomic mass is 9.96. The fraction of sp³-hybridized carbons (Fsp3) is 0.120. The minimum Gasteiger partial charge on any atom is -0.330 e. The molecule has 1 aromatic heterocycles. The summed E-state index contributed by atoms with van der Waals surface area (Å²) in [5, 5.41) is 11.5. The van der Waals surface area contributed by atoms with E-state index in [2.05, 4.69) is 43.6 Å². The van der Waals surface area contributed by atoms with Crippen LogP contribution in [-0.2, 0) is 10.0 Å². The highest BCUT2D eigenvalue weighted by molar-refractivity contribution is 7.89. The van der Waals surface area contributed by atoms with Gasteiger partial charge < -0.3 is 15.5 Å². The number of primary sulfonamides is 1. The average Bonchev–Trinajstić information content (AvgIpc) is 3.27. The highest BCUT2D eigenvalue weighted by atomic mass is 32.2. The summed E-state index contributed by atoms with van der Waals surface area (Å²) in [6.07, 6.45) is 5.71. The number of aliphatic imine (C=N–C) groups is 2. The Labute approximate surface area is 209 Å². The van der Waals surface area contributed by atoms with Crippen LogP contribution in [-0.4, -0.2) is 37.1 Å². The molecule has 1 unspecified atom stereocenters. The van der Waals surface area contributed by atoms with Gasteiger partial charge in [0.15, 0.2) is 0 Å². The Hall–Kier alpha value is -4.35. The molecule has 0 bridgehead atoms. The van der Waals surface area contributed by atoms with Gasteiger partial charge in [0, 0.05) is 36.2 Å². The Morgan fingerprint density at radius 2 is 1.75 bits per heavy atom. The molecule has 0 saturated heterocycles. The van der Waals surface area contributed by atoms with Gasteiger partial charge in [-0.05, 0) is 42.5 Å². The second kappa shape index (κ2) is 9.36. The molecular weight excluding hydrogens is 476 g/mol. The number of likely N-dealkylation sites (N-methyl/N-ethyl adjacent to an activating group) is 1. The van der Waals surface area contributed by atoms with Gasteiger partial charge in [0.05, 0.1) is 16.3 Å². The largest absolute Gasteiger partial charge is 0.330 e. The summed E-state index contributed by atoms with van der Waals surface area (Å²) in [5.41, 5.74) is 4.06. The molecule has 11 heteroatoms. The van der Waals surface area contributed by atoms with Crippen molar-refractivity contribution in [3.05, 3.63) is 90.4 Å². The van der Waals surface area contributed by atoms with E-state index < -0.39 is 10.0 Å². The number of allylic oxidation sites excluding steroid dienone is 3. The third-order valence-corrected chi connectivity index (χ3v) is 6.58. The molecule has 2 aliphatic rings. The molecule has 1 atom stereocenters. The molecule has 5 rings (SSSR count). The highest BCUT2D eigenvalue weighted by Crippen LogP contribution is 2.29. The third-order valence-electron chi connectivity index (χ3n) is 5.67. The maximum Gasteiger partial charge on any atom is 0.238 e. The number of nitrogens with one attached hydrogen (secondary N) is 2. The lowest BCUT2D eigenvalue weighted by Gasteiger charge is -2.24. The predicted octanol–water partition coefficient (Wildman–Crippen LogP) is 3.64. The first-order valence-corrected chi connectivity index (χ1v) is 12.7. The predicted molar refractivity (Wildman–Crippen MR) is 142 cm³/mol. The first kappa shape index (κ1) is 23.4. The van der Waals surface area contributed by atoms with Crippen LogP contribution < -0.4 is 20.7 Å². The summed E-state index contributed by atoms with van der Waals surface area (Å²) in [7, 11) is -1.91. The second-order valence-corrected chi connectivity index (χ2v) is 9.89. The number of hydrogen-bond donors (Lipinski definition) is 3. The van der Waals surface area contributed by atoms with Crippen molar-refractivity contribution in [2.24, 2.45) is 21.0 Å². The van der Waals surface area contributed by atoms with Crippen LogP contribution in [0.25, 0.3) is 0 Å². The van der Waals surface area contributed by atoms with Crippen LogP contribution in [0.5, 0.6) is 0 Å². The molecule has 0 spiro atoms. The summed E-state index contributed by atoms with van der Waals surface area (Å²) >= 11 is 0. The van der Waals surface area contributed by atoms with Crippen molar-refractivity contribution in [2.75, 3.05) is 22.6 Å². The van der Waals surface area contributed by atoms with Crippen LogP contribution in [0.1, 0.15) is 6.92 Å².